The van der Waals surface area contributed by atoms with Crippen molar-refractivity contribution in [3.63, 3.8) is 0 Å². The van der Waals surface area contributed by atoms with Crippen molar-refractivity contribution in [2.24, 2.45) is 5.92 Å². The van der Waals surface area contributed by atoms with Crippen LogP contribution in [-0.2, 0) is 17.6 Å². The van der Waals surface area contributed by atoms with Gasteiger partial charge in [-0.1, -0.05) is 6.92 Å². The second-order valence-electron chi connectivity index (χ2n) is 7.72. The van der Waals surface area contributed by atoms with Crippen LogP contribution in [0.1, 0.15) is 51.7 Å². The van der Waals surface area contributed by atoms with Crippen LogP contribution in [0.4, 0.5) is 0 Å². The fourth-order valence-electron chi connectivity index (χ4n) is 4.08. The Kier molecular flexibility index (Phi) is 5.66. The number of fused-ring (bicyclic) bond motifs is 1. The molecule has 0 aromatic carbocycles. The lowest BCUT2D eigenvalue weighted by atomic mass is 9.88. The minimum Gasteiger partial charge on any atom is -0.465 e. The highest BCUT2D eigenvalue weighted by Crippen LogP contribution is 2.33. The van der Waals surface area contributed by atoms with Crippen LogP contribution in [0.15, 0.2) is 21.9 Å². The summed E-state index contributed by atoms with van der Waals surface area (Å²) < 4.78 is 11.4. The summed E-state index contributed by atoms with van der Waals surface area (Å²) in [5, 5.41) is 5.22. The Balaban J connectivity index is 1.46. The van der Waals surface area contributed by atoms with Crippen molar-refractivity contribution in [3.05, 3.63) is 45.0 Å². The first-order valence-electron chi connectivity index (χ1n) is 9.87. The molecule has 1 fully saturated rings. The zero-order valence-corrected chi connectivity index (χ0v) is 16.9. The molecular weight excluding hydrogens is 360 g/mol. The molecule has 0 saturated carbocycles. The molecule has 2 atom stereocenters. The van der Waals surface area contributed by atoms with Gasteiger partial charge in [-0.25, -0.2) is 0 Å². The molecule has 1 aliphatic heterocycles. The highest BCUT2D eigenvalue weighted by Gasteiger charge is 2.27. The summed E-state index contributed by atoms with van der Waals surface area (Å²) in [5.41, 5.74) is 2.14. The predicted octanol–water partition coefficient (Wildman–Crippen LogP) is 3.58. The molecule has 27 heavy (non-hydrogen) atoms. The normalized spacial score (nSPS) is 21.6. The molecule has 4 rings (SSSR count). The van der Waals surface area contributed by atoms with Crippen molar-refractivity contribution < 1.29 is 13.9 Å². The number of rotatable bonds is 5. The van der Waals surface area contributed by atoms with Gasteiger partial charge in [0.2, 0.25) is 0 Å². The van der Waals surface area contributed by atoms with Crippen LogP contribution in [0.5, 0.6) is 0 Å². The monoisotopic (exact) mass is 388 g/mol. The predicted molar refractivity (Wildman–Crippen MR) is 106 cm³/mol. The second-order valence-corrected chi connectivity index (χ2v) is 8.69. The van der Waals surface area contributed by atoms with Gasteiger partial charge in [0.1, 0.15) is 11.5 Å². The Morgan fingerprint density at radius 2 is 2.19 bits per heavy atom. The molecule has 6 heteroatoms. The number of thiophene rings is 1. The molecular formula is C21H28N2O3S. The summed E-state index contributed by atoms with van der Waals surface area (Å²) in [5.74, 6) is 2.58. The van der Waals surface area contributed by atoms with Crippen LogP contribution in [-0.4, -0.2) is 43.7 Å². The lowest BCUT2D eigenvalue weighted by Crippen LogP contribution is -2.43. The van der Waals surface area contributed by atoms with Crippen LogP contribution >= 0.6 is 11.3 Å². The smallest absolute Gasteiger partial charge is 0.252 e. The topological polar surface area (TPSA) is 54.7 Å². The van der Waals surface area contributed by atoms with Crippen molar-refractivity contribution in [3.8, 4) is 0 Å². The first kappa shape index (κ1) is 18.7. The van der Waals surface area contributed by atoms with Crippen molar-refractivity contribution in [2.45, 2.75) is 39.2 Å². The van der Waals surface area contributed by atoms with E-state index >= 15 is 0 Å². The molecule has 0 bridgehead atoms. The maximum absolute atomic E-state index is 12.9. The summed E-state index contributed by atoms with van der Waals surface area (Å²) in [6, 6.07) is 4.05. The third-order valence-corrected chi connectivity index (χ3v) is 6.73. The molecule has 2 unspecified atom stereocenters. The van der Waals surface area contributed by atoms with Crippen LogP contribution in [0.3, 0.4) is 0 Å². The molecule has 0 radical (unpaired) electrons. The number of aryl methyl sites for hydroxylation is 1. The third-order valence-electron chi connectivity index (χ3n) is 5.68. The van der Waals surface area contributed by atoms with E-state index in [0.717, 1.165) is 62.1 Å². The number of ether oxygens (including phenoxy) is 1. The van der Waals surface area contributed by atoms with Gasteiger partial charge in [-0.2, -0.15) is 0 Å². The number of hydrogen-bond acceptors (Lipinski definition) is 5. The molecule has 0 spiro atoms. The Morgan fingerprint density at radius 3 is 2.93 bits per heavy atom. The van der Waals surface area contributed by atoms with Gasteiger partial charge in [0.25, 0.3) is 5.91 Å². The Morgan fingerprint density at radius 1 is 1.37 bits per heavy atom. The van der Waals surface area contributed by atoms with Gasteiger partial charge < -0.3 is 14.5 Å². The van der Waals surface area contributed by atoms with Gasteiger partial charge in [0.05, 0.1) is 24.8 Å². The first-order valence-corrected chi connectivity index (χ1v) is 10.8. The van der Waals surface area contributed by atoms with Crippen LogP contribution < -0.4 is 5.32 Å². The SMILES string of the molecule is Cc1ccc(C(CNC(=O)c2csc3c2CCC(C)C3)N2CCOCC2)o1. The minimum atomic E-state index is 0.0426. The van der Waals surface area contributed by atoms with Crippen molar-refractivity contribution in [2.75, 3.05) is 32.8 Å². The van der Waals surface area contributed by atoms with Gasteiger partial charge >= 0.3 is 0 Å². The zero-order valence-electron chi connectivity index (χ0n) is 16.1. The van der Waals surface area contributed by atoms with E-state index in [1.54, 1.807) is 11.3 Å². The number of carbonyl (C=O) groups excluding carboxylic acids is 1. The zero-order chi connectivity index (χ0) is 18.8. The van der Waals surface area contributed by atoms with Gasteiger partial charge in [-0.05, 0) is 49.8 Å². The Bertz CT molecular complexity index is 791. The Labute approximate surface area is 164 Å². The van der Waals surface area contributed by atoms with Gasteiger partial charge in [-0.3, -0.25) is 9.69 Å². The van der Waals surface area contributed by atoms with E-state index in [1.165, 1.54) is 16.9 Å². The standard InChI is InChI=1S/C21H28N2O3S/c1-14-3-5-16-17(13-27-20(16)11-14)21(24)22-12-18(19-6-4-15(2)26-19)23-7-9-25-10-8-23/h4,6,13-14,18H,3,5,7-12H2,1-2H3,(H,22,24). The minimum absolute atomic E-state index is 0.0426. The van der Waals surface area contributed by atoms with E-state index in [0.29, 0.717) is 6.54 Å². The number of hydrogen-bond donors (Lipinski definition) is 1. The Hall–Kier alpha value is -1.63. The van der Waals surface area contributed by atoms with Gasteiger partial charge in [0.15, 0.2) is 0 Å². The van der Waals surface area contributed by atoms with E-state index in [1.807, 2.05) is 24.4 Å². The van der Waals surface area contributed by atoms with Gasteiger partial charge in [0, 0.05) is 29.9 Å². The average molecular weight is 389 g/mol. The second kappa shape index (κ2) is 8.17. The summed E-state index contributed by atoms with van der Waals surface area (Å²) in [4.78, 5) is 16.6. The largest absolute Gasteiger partial charge is 0.465 e. The number of furan rings is 1. The number of nitrogens with one attached hydrogen (secondary N) is 1. The van der Waals surface area contributed by atoms with E-state index in [9.17, 15) is 4.79 Å². The average Bonchev–Trinajstić information content (AvgIpc) is 3.28. The van der Waals surface area contributed by atoms with E-state index in [4.69, 9.17) is 9.15 Å². The van der Waals surface area contributed by atoms with E-state index in [-0.39, 0.29) is 11.9 Å². The summed E-state index contributed by atoms with van der Waals surface area (Å²) in [7, 11) is 0. The maximum atomic E-state index is 12.9. The summed E-state index contributed by atoms with van der Waals surface area (Å²) in [6.07, 6.45) is 3.30. The van der Waals surface area contributed by atoms with E-state index in [2.05, 4.69) is 17.1 Å². The number of nitrogens with zero attached hydrogens (tertiary/aromatic N) is 1. The molecule has 1 saturated heterocycles. The molecule has 1 N–H and O–H groups in total. The van der Waals surface area contributed by atoms with Crippen molar-refractivity contribution in [1.29, 1.82) is 0 Å². The molecule has 2 aliphatic rings. The fourth-order valence-corrected chi connectivity index (χ4v) is 5.33. The third kappa shape index (κ3) is 4.13. The van der Waals surface area contributed by atoms with Crippen LogP contribution in [0.25, 0.3) is 0 Å². The molecule has 1 amide bonds. The number of amides is 1. The highest BCUT2D eigenvalue weighted by molar-refractivity contribution is 7.10. The molecule has 146 valence electrons. The molecule has 5 nitrogen and oxygen atoms in total. The fraction of sp³-hybridized carbons (Fsp3) is 0.571. The van der Waals surface area contributed by atoms with Crippen molar-refractivity contribution in [1.82, 2.24) is 10.2 Å². The van der Waals surface area contributed by atoms with Crippen LogP contribution in [0, 0.1) is 12.8 Å². The highest BCUT2D eigenvalue weighted by atomic mass is 32.1. The lowest BCUT2D eigenvalue weighted by molar-refractivity contribution is 0.0117. The molecule has 2 aromatic heterocycles. The van der Waals surface area contributed by atoms with Crippen molar-refractivity contribution >= 4 is 17.2 Å². The van der Waals surface area contributed by atoms with Crippen LogP contribution in [0.2, 0.25) is 0 Å². The summed E-state index contributed by atoms with van der Waals surface area (Å²) >= 11 is 1.74. The van der Waals surface area contributed by atoms with Gasteiger partial charge in [-0.15, -0.1) is 11.3 Å². The van der Waals surface area contributed by atoms with E-state index < -0.39 is 0 Å². The quantitative estimate of drug-likeness (QED) is 0.851. The maximum Gasteiger partial charge on any atom is 0.252 e. The first-order chi connectivity index (χ1) is 13.1. The molecule has 1 aliphatic carbocycles. The molecule has 3 heterocycles. The summed E-state index contributed by atoms with van der Waals surface area (Å²) in [6.45, 7) is 7.95. The molecule has 2 aromatic rings. The number of carbonyl (C=O) groups is 1. The number of morpholine rings is 1. The lowest BCUT2D eigenvalue weighted by Gasteiger charge is -2.33.